The molecule has 104 valence electrons. The smallest absolute Gasteiger partial charge is 0.250 e. The molecule has 1 aromatic rings. The molecule has 2 bridgehead atoms. The van der Waals surface area contributed by atoms with Gasteiger partial charge < -0.3 is 14.2 Å². The highest BCUT2D eigenvalue weighted by Gasteiger charge is 2.42. The zero-order valence-corrected chi connectivity index (χ0v) is 11.7. The van der Waals surface area contributed by atoms with Crippen LogP contribution in [0.15, 0.2) is 23.0 Å². The minimum absolute atomic E-state index is 0.138. The van der Waals surface area contributed by atoms with Gasteiger partial charge in [0.05, 0.1) is 20.1 Å². The first-order valence-corrected chi connectivity index (χ1v) is 7.18. The lowest BCUT2D eigenvalue weighted by molar-refractivity contribution is -0.922. The Morgan fingerprint density at radius 2 is 2.26 bits per heavy atom. The molecule has 0 aliphatic carbocycles. The zero-order chi connectivity index (χ0) is 13.6. The lowest BCUT2D eigenvalue weighted by atomic mass is 9.82. The Morgan fingerprint density at radius 1 is 1.47 bits per heavy atom. The summed E-state index contributed by atoms with van der Waals surface area (Å²) in [6.45, 7) is 5.63. The third kappa shape index (κ3) is 2.35. The average molecular weight is 263 g/mol. The number of likely N-dealkylation sites (N-methyl/N-ethyl adjacent to an activating group) is 1. The highest BCUT2D eigenvalue weighted by Crippen LogP contribution is 2.37. The maximum Gasteiger partial charge on any atom is 0.250 e. The summed E-state index contributed by atoms with van der Waals surface area (Å²) >= 11 is 0. The van der Waals surface area contributed by atoms with Gasteiger partial charge in [-0.15, -0.1) is 0 Å². The number of nitrogens with zero attached hydrogens (tertiary/aromatic N) is 2. The monoisotopic (exact) mass is 263 g/mol. The van der Waals surface area contributed by atoms with Gasteiger partial charge in [0.1, 0.15) is 12.6 Å². The number of quaternary nitrogens is 1. The number of hydrogen-bond donors (Lipinski definition) is 1. The summed E-state index contributed by atoms with van der Waals surface area (Å²) in [4.78, 5) is 12.0. The predicted molar refractivity (Wildman–Crippen MR) is 74.0 cm³/mol. The van der Waals surface area contributed by atoms with Crippen LogP contribution in [0.5, 0.6) is 0 Å². The third-order valence-corrected chi connectivity index (χ3v) is 4.63. The molecule has 19 heavy (non-hydrogen) atoms. The van der Waals surface area contributed by atoms with Gasteiger partial charge in [0, 0.05) is 30.1 Å². The number of pyridine rings is 1. The lowest BCUT2D eigenvalue weighted by Crippen LogP contribution is -2.59. The van der Waals surface area contributed by atoms with Crippen LogP contribution >= 0.6 is 0 Å². The van der Waals surface area contributed by atoms with Crippen LogP contribution in [-0.2, 0) is 6.54 Å². The fraction of sp³-hybridized carbons (Fsp3) is 0.667. The number of likely N-dealkylation sites (tertiary alicyclic amines) is 1. The molecule has 2 aliphatic heterocycles. The third-order valence-electron chi connectivity index (χ3n) is 4.63. The molecule has 0 spiro atoms. The van der Waals surface area contributed by atoms with Gasteiger partial charge in [0.15, 0.2) is 0 Å². The van der Waals surface area contributed by atoms with E-state index in [0.29, 0.717) is 11.8 Å². The Kier molecular flexibility index (Phi) is 3.02. The second-order valence-electron chi connectivity index (χ2n) is 6.71. The van der Waals surface area contributed by atoms with Crippen LogP contribution in [0.2, 0.25) is 0 Å². The van der Waals surface area contributed by atoms with Crippen molar-refractivity contribution in [3.05, 3.63) is 34.2 Å². The molecule has 2 aliphatic rings. The van der Waals surface area contributed by atoms with E-state index < -0.39 is 0 Å². The molecule has 0 unspecified atom stereocenters. The van der Waals surface area contributed by atoms with E-state index in [-0.39, 0.29) is 11.7 Å². The highest BCUT2D eigenvalue weighted by atomic mass is 16.3. The van der Waals surface area contributed by atoms with E-state index in [1.807, 2.05) is 17.6 Å². The Balaban J connectivity index is 1.94. The Bertz CT molecular complexity index is 537. The normalized spacial score (nSPS) is 34.7. The average Bonchev–Trinajstić information content (AvgIpc) is 2.28. The zero-order valence-electron chi connectivity index (χ0n) is 11.7. The number of hydrogen-bond acceptors (Lipinski definition) is 2. The first-order valence-electron chi connectivity index (χ1n) is 7.18. The van der Waals surface area contributed by atoms with Crippen molar-refractivity contribution in [3.8, 4) is 0 Å². The maximum absolute atomic E-state index is 12.0. The Morgan fingerprint density at radius 3 is 3.00 bits per heavy atom. The summed E-state index contributed by atoms with van der Waals surface area (Å²) in [6, 6.07) is 5.64. The fourth-order valence-corrected chi connectivity index (χ4v) is 4.26. The summed E-state index contributed by atoms with van der Waals surface area (Å²) < 4.78 is 2.89. The molecule has 0 saturated carbocycles. The van der Waals surface area contributed by atoms with Crippen LogP contribution in [0.25, 0.3) is 0 Å². The minimum atomic E-state index is -0.262. The standard InChI is InChI=1S/C15H23N2O2/c1-11(18)8-17(2)9-12-6-13(10-17)14-4-3-5-15(19)16(14)7-12/h3-5,11-13,18H,6-10H2,1-2H3/q+1/t11-,12+,13+,17-/m0/s1. The molecule has 3 rings (SSSR count). The largest absolute Gasteiger partial charge is 0.388 e. The number of piperidine rings is 1. The molecule has 1 saturated heterocycles. The fourth-order valence-electron chi connectivity index (χ4n) is 4.26. The number of aliphatic hydroxyl groups excluding tert-OH is 1. The summed E-state index contributed by atoms with van der Waals surface area (Å²) in [7, 11) is 2.24. The van der Waals surface area contributed by atoms with E-state index in [4.69, 9.17) is 0 Å². The highest BCUT2D eigenvalue weighted by molar-refractivity contribution is 5.15. The van der Waals surface area contributed by atoms with E-state index in [2.05, 4.69) is 13.1 Å². The van der Waals surface area contributed by atoms with Crippen LogP contribution < -0.4 is 5.56 Å². The maximum atomic E-state index is 12.0. The topological polar surface area (TPSA) is 42.2 Å². The molecule has 1 aromatic heterocycles. The van der Waals surface area contributed by atoms with Gasteiger partial charge in [0.2, 0.25) is 0 Å². The first-order chi connectivity index (χ1) is 8.97. The molecular weight excluding hydrogens is 240 g/mol. The predicted octanol–water partition coefficient (Wildman–Crippen LogP) is 0.793. The van der Waals surface area contributed by atoms with Gasteiger partial charge in [-0.1, -0.05) is 6.07 Å². The molecular formula is C15H23N2O2+. The summed E-state index contributed by atoms with van der Waals surface area (Å²) in [6.07, 6.45) is 0.929. The van der Waals surface area contributed by atoms with E-state index in [9.17, 15) is 9.90 Å². The molecule has 4 heteroatoms. The van der Waals surface area contributed by atoms with Crippen molar-refractivity contribution in [3.63, 3.8) is 0 Å². The van der Waals surface area contributed by atoms with Gasteiger partial charge in [-0.25, -0.2) is 0 Å². The van der Waals surface area contributed by atoms with E-state index in [0.717, 1.165) is 30.7 Å². The van der Waals surface area contributed by atoms with E-state index >= 15 is 0 Å². The van der Waals surface area contributed by atoms with Crippen molar-refractivity contribution < 1.29 is 9.59 Å². The molecule has 3 heterocycles. The van der Waals surface area contributed by atoms with Crippen LogP contribution in [0.3, 0.4) is 0 Å². The van der Waals surface area contributed by atoms with Crippen molar-refractivity contribution in [1.82, 2.24) is 4.57 Å². The number of fused-ring (bicyclic) bond motifs is 4. The van der Waals surface area contributed by atoms with Crippen molar-refractivity contribution >= 4 is 0 Å². The van der Waals surface area contributed by atoms with Crippen LogP contribution in [0.4, 0.5) is 0 Å². The summed E-state index contributed by atoms with van der Waals surface area (Å²) in [5, 5.41) is 9.70. The van der Waals surface area contributed by atoms with Gasteiger partial charge in [-0.05, 0) is 19.4 Å². The van der Waals surface area contributed by atoms with Gasteiger partial charge in [-0.2, -0.15) is 0 Å². The molecule has 1 fully saturated rings. The van der Waals surface area contributed by atoms with Gasteiger partial charge >= 0.3 is 0 Å². The minimum Gasteiger partial charge on any atom is -0.388 e. The Labute approximate surface area is 113 Å². The second-order valence-corrected chi connectivity index (χ2v) is 6.71. The van der Waals surface area contributed by atoms with E-state index in [1.165, 1.54) is 12.1 Å². The molecule has 0 radical (unpaired) electrons. The second kappa shape index (κ2) is 4.46. The molecule has 0 aromatic carbocycles. The molecule has 1 N–H and O–H groups in total. The number of rotatable bonds is 2. The SMILES string of the molecule is C[C@H](O)C[N@@+]1(C)C[C@@H]2C[C@H](C1)c1cccc(=O)n1C2. The van der Waals surface area contributed by atoms with Crippen LogP contribution in [-0.4, -0.2) is 46.9 Å². The number of aromatic nitrogens is 1. The Hall–Kier alpha value is -1.13. The number of aliphatic hydroxyl groups is 1. The summed E-state index contributed by atoms with van der Waals surface area (Å²) in [5.74, 6) is 1.03. The molecule has 4 atom stereocenters. The van der Waals surface area contributed by atoms with Crippen LogP contribution in [0, 0.1) is 5.92 Å². The lowest BCUT2D eigenvalue weighted by Gasteiger charge is -2.48. The van der Waals surface area contributed by atoms with Crippen molar-refractivity contribution in [1.29, 1.82) is 0 Å². The van der Waals surface area contributed by atoms with E-state index in [1.54, 1.807) is 6.07 Å². The van der Waals surface area contributed by atoms with Crippen molar-refractivity contribution in [2.45, 2.75) is 31.9 Å². The quantitative estimate of drug-likeness (QED) is 0.802. The summed E-state index contributed by atoms with van der Waals surface area (Å²) in [5.41, 5.74) is 1.33. The first kappa shape index (κ1) is 12.9. The van der Waals surface area contributed by atoms with Crippen LogP contribution in [0.1, 0.15) is 25.0 Å². The van der Waals surface area contributed by atoms with Gasteiger partial charge in [0.25, 0.3) is 5.56 Å². The molecule has 0 amide bonds. The van der Waals surface area contributed by atoms with Crippen molar-refractivity contribution in [2.24, 2.45) is 5.92 Å². The van der Waals surface area contributed by atoms with Gasteiger partial charge in [-0.3, -0.25) is 4.79 Å². The van der Waals surface area contributed by atoms with Crippen molar-refractivity contribution in [2.75, 3.05) is 26.7 Å². The molecule has 4 nitrogen and oxygen atoms in total.